The van der Waals surface area contributed by atoms with Crippen LogP contribution in [0.15, 0.2) is 36.5 Å². The minimum Gasteiger partial charge on any atom is -0.480 e. The van der Waals surface area contributed by atoms with Gasteiger partial charge >= 0.3 is 12.3 Å². The Morgan fingerprint density at radius 2 is 1.83 bits per heavy atom. The molecule has 0 aliphatic heterocycles. The molecule has 1 N–H and O–H groups in total. The van der Waals surface area contributed by atoms with Crippen molar-refractivity contribution in [2.45, 2.75) is 32.7 Å². The number of rotatable bonds is 5. The van der Waals surface area contributed by atoms with E-state index < -0.39 is 17.9 Å². The minimum absolute atomic E-state index is 0.259. The summed E-state index contributed by atoms with van der Waals surface area (Å²) in [4.78, 5) is 23.1. The first kappa shape index (κ1) is 20.4. The van der Waals surface area contributed by atoms with E-state index in [0.717, 1.165) is 0 Å². The number of fused-ring (bicyclic) bond motifs is 1. The maximum Gasteiger partial charge on any atom is 0.573 e. The highest BCUT2D eigenvalue weighted by Crippen LogP contribution is 2.27. The van der Waals surface area contributed by atoms with Crippen molar-refractivity contribution < 1.29 is 32.2 Å². The number of H-pyrrole nitrogens is 1. The zero-order valence-corrected chi connectivity index (χ0v) is 15.8. The molecule has 29 heavy (non-hydrogen) atoms. The number of benzene rings is 1. The van der Waals surface area contributed by atoms with Crippen LogP contribution >= 0.6 is 0 Å². The third-order valence-corrected chi connectivity index (χ3v) is 3.44. The number of imidazole rings is 1. The minimum atomic E-state index is -4.77. The Morgan fingerprint density at radius 3 is 2.45 bits per heavy atom. The zero-order valence-electron chi connectivity index (χ0n) is 15.8. The standard InChI is InChI=1S/C19H18F3N3O4/c1-18(2,3)29-16(26)10-27-12-5-7-14(23-9-12)17-24-13-6-4-11(8-15(13)25-17)28-19(20,21)22/h4-9H,10H2,1-3H3,(H,24,25). The molecule has 0 atom stereocenters. The van der Waals surface area contributed by atoms with Gasteiger partial charge in [0.15, 0.2) is 12.4 Å². The number of aromatic nitrogens is 3. The Kier molecular flexibility index (Phi) is 5.36. The second-order valence-electron chi connectivity index (χ2n) is 7.07. The Hall–Kier alpha value is -3.30. The third kappa shape index (κ3) is 5.84. The van der Waals surface area contributed by atoms with Crippen molar-refractivity contribution >= 4 is 17.0 Å². The molecule has 0 unspecified atom stereocenters. The normalized spacial score (nSPS) is 12.1. The van der Waals surface area contributed by atoms with Crippen LogP contribution in [-0.4, -0.2) is 39.5 Å². The van der Waals surface area contributed by atoms with Crippen LogP contribution in [0.5, 0.6) is 11.5 Å². The summed E-state index contributed by atoms with van der Waals surface area (Å²) in [6, 6.07) is 7.00. The number of nitrogens with one attached hydrogen (secondary N) is 1. The summed E-state index contributed by atoms with van der Waals surface area (Å²) in [6.45, 7) is 5.01. The molecule has 0 aliphatic rings. The van der Waals surface area contributed by atoms with Gasteiger partial charge in [-0.05, 0) is 45.0 Å². The van der Waals surface area contributed by atoms with Crippen LogP contribution in [-0.2, 0) is 9.53 Å². The molecule has 2 heterocycles. The first-order valence-electron chi connectivity index (χ1n) is 8.55. The lowest BCUT2D eigenvalue weighted by molar-refractivity contribution is -0.274. The second kappa shape index (κ2) is 7.61. The molecule has 0 amide bonds. The smallest absolute Gasteiger partial charge is 0.480 e. The summed E-state index contributed by atoms with van der Waals surface area (Å²) in [7, 11) is 0. The molecule has 0 spiro atoms. The lowest BCUT2D eigenvalue weighted by Crippen LogP contribution is -2.27. The molecule has 154 valence electrons. The first-order valence-corrected chi connectivity index (χ1v) is 8.55. The molecule has 0 saturated carbocycles. The average Bonchev–Trinajstić information content (AvgIpc) is 3.01. The van der Waals surface area contributed by atoms with Crippen molar-refractivity contribution in [3.63, 3.8) is 0 Å². The van der Waals surface area contributed by atoms with Gasteiger partial charge in [0, 0.05) is 6.07 Å². The van der Waals surface area contributed by atoms with Crippen LogP contribution in [0.4, 0.5) is 13.2 Å². The van der Waals surface area contributed by atoms with Gasteiger partial charge in [-0.1, -0.05) is 0 Å². The van der Waals surface area contributed by atoms with Crippen LogP contribution in [0.25, 0.3) is 22.6 Å². The SMILES string of the molecule is CC(C)(C)OC(=O)COc1ccc(-c2nc3ccc(OC(F)(F)F)cc3[nH]2)nc1. The van der Waals surface area contributed by atoms with E-state index >= 15 is 0 Å². The van der Waals surface area contributed by atoms with Crippen molar-refractivity contribution in [1.29, 1.82) is 0 Å². The number of nitrogens with zero attached hydrogens (tertiary/aromatic N) is 2. The summed E-state index contributed by atoms with van der Waals surface area (Å²) in [5.41, 5.74) is 0.675. The Labute approximate surface area is 163 Å². The van der Waals surface area contributed by atoms with Crippen molar-refractivity contribution in [3.05, 3.63) is 36.5 Å². The van der Waals surface area contributed by atoms with Gasteiger partial charge in [-0.3, -0.25) is 0 Å². The zero-order chi connectivity index (χ0) is 21.2. The maximum atomic E-state index is 12.3. The maximum absolute atomic E-state index is 12.3. The van der Waals surface area contributed by atoms with Gasteiger partial charge in [0.1, 0.15) is 22.8 Å². The van der Waals surface area contributed by atoms with Gasteiger partial charge in [-0.25, -0.2) is 14.8 Å². The monoisotopic (exact) mass is 409 g/mol. The molecule has 3 aromatic rings. The lowest BCUT2D eigenvalue weighted by Gasteiger charge is -2.19. The number of alkyl halides is 3. The first-order chi connectivity index (χ1) is 13.5. The van der Waals surface area contributed by atoms with Gasteiger partial charge in [0.2, 0.25) is 0 Å². The van der Waals surface area contributed by atoms with Gasteiger partial charge in [0.05, 0.1) is 17.2 Å². The molecule has 0 aliphatic carbocycles. The Morgan fingerprint density at radius 1 is 1.10 bits per heavy atom. The van der Waals surface area contributed by atoms with E-state index in [9.17, 15) is 18.0 Å². The molecule has 10 heteroatoms. The molecule has 1 aromatic carbocycles. The van der Waals surface area contributed by atoms with Gasteiger partial charge in [-0.2, -0.15) is 0 Å². The highest BCUT2D eigenvalue weighted by Gasteiger charge is 2.31. The van der Waals surface area contributed by atoms with Crippen molar-refractivity contribution in [1.82, 2.24) is 15.0 Å². The van der Waals surface area contributed by atoms with E-state index in [1.54, 1.807) is 32.9 Å². The molecule has 0 bridgehead atoms. The Balaban J connectivity index is 1.69. The number of hydrogen-bond donors (Lipinski definition) is 1. The van der Waals surface area contributed by atoms with E-state index in [0.29, 0.717) is 28.3 Å². The van der Waals surface area contributed by atoms with Gasteiger partial charge in [0.25, 0.3) is 0 Å². The van der Waals surface area contributed by atoms with Crippen molar-refractivity contribution in [3.8, 4) is 23.0 Å². The fraction of sp³-hybridized carbons (Fsp3) is 0.316. The van der Waals surface area contributed by atoms with Gasteiger partial charge in [-0.15, -0.1) is 13.2 Å². The predicted octanol–water partition coefficient (Wildman–Crippen LogP) is 4.24. The number of pyridine rings is 1. The molecular weight excluding hydrogens is 391 g/mol. The number of carbonyl (C=O) groups excluding carboxylic acids is 1. The predicted molar refractivity (Wildman–Crippen MR) is 97.3 cm³/mol. The van der Waals surface area contributed by atoms with Crippen LogP contribution in [0.1, 0.15) is 20.8 Å². The largest absolute Gasteiger partial charge is 0.573 e. The Bertz CT molecular complexity index is 1010. The fourth-order valence-corrected chi connectivity index (χ4v) is 2.43. The molecule has 2 aromatic heterocycles. The summed E-state index contributed by atoms with van der Waals surface area (Å²) < 4.78 is 51.4. The van der Waals surface area contributed by atoms with E-state index in [1.165, 1.54) is 24.4 Å². The number of aromatic amines is 1. The summed E-state index contributed by atoms with van der Waals surface area (Å²) in [5.74, 6) is -0.130. The van der Waals surface area contributed by atoms with E-state index in [4.69, 9.17) is 9.47 Å². The number of hydrogen-bond acceptors (Lipinski definition) is 6. The van der Waals surface area contributed by atoms with Crippen LogP contribution in [0, 0.1) is 0 Å². The lowest BCUT2D eigenvalue weighted by atomic mass is 10.2. The van der Waals surface area contributed by atoms with Gasteiger partial charge < -0.3 is 19.2 Å². The van der Waals surface area contributed by atoms with Crippen LogP contribution in [0.2, 0.25) is 0 Å². The molecule has 0 radical (unpaired) electrons. The molecule has 7 nitrogen and oxygen atoms in total. The topological polar surface area (TPSA) is 86.3 Å². The number of halogens is 3. The summed E-state index contributed by atoms with van der Waals surface area (Å²) in [5, 5.41) is 0. The van der Waals surface area contributed by atoms with Crippen molar-refractivity contribution in [2.75, 3.05) is 6.61 Å². The van der Waals surface area contributed by atoms with E-state index in [1.807, 2.05) is 0 Å². The third-order valence-electron chi connectivity index (χ3n) is 3.44. The highest BCUT2D eigenvalue weighted by molar-refractivity contribution is 5.80. The molecule has 0 saturated heterocycles. The highest BCUT2D eigenvalue weighted by atomic mass is 19.4. The second-order valence-corrected chi connectivity index (χ2v) is 7.07. The number of ether oxygens (including phenoxy) is 3. The molecule has 3 rings (SSSR count). The fourth-order valence-electron chi connectivity index (χ4n) is 2.43. The summed E-state index contributed by atoms with van der Waals surface area (Å²) >= 11 is 0. The van der Waals surface area contributed by atoms with E-state index in [2.05, 4.69) is 19.7 Å². The summed E-state index contributed by atoms with van der Waals surface area (Å²) in [6.07, 6.45) is -3.36. The number of carbonyl (C=O) groups is 1. The van der Waals surface area contributed by atoms with E-state index in [-0.39, 0.29) is 12.4 Å². The number of esters is 1. The van der Waals surface area contributed by atoms with Crippen LogP contribution in [0.3, 0.4) is 0 Å². The molecular formula is C19H18F3N3O4. The van der Waals surface area contributed by atoms with Crippen LogP contribution < -0.4 is 9.47 Å². The quantitative estimate of drug-likeness (QED) is 0.635. The average molecular weight is 409 g/mol. The van der Waals surface area contributed by atoms with Crippen molar-refractivity contribution in [2.24, 2.45) is 0 Å². The molecule has 0 fully saturated rings.